The van der Waals surface area contributed by atoms with Gasteiger partial charge in [-0.3, -0.25) is 19.4 Å². The largest absolute Gasteiger partial charge is 0.494 e. The van der Waals surface area contributed by atoms with Gasteiger partial charge in [-0.05, 0) is 55.5 Å². The highest BCUT2D eigenvalue weighted by molar-refractivity contribution is 9.10. The van der Waals surface area contributed by atoms with Crippen LogP contribution < -0.4 is 24.5 Å². The van der Waals surface area contributed by atoms with Gasteiger partial charge in [-0.2, -0.15) is 0 Å². The molecule has 9 nitrogen and oxygen atoms in total. The third-order valence-electron chi connectivity index (χ3n) is 6.70. The van der Waals surface area contributed by atoms with Gasteiger partial charge in [0.15, 0.2) is 11.5 Å². The molecule has 0 aromatic heterocycles. The summed E-state index contributed by atoms with van der Waals surface area (Å²) < 4.78 is 17.3. The SMILES string of the molecule is CCOc1ccc(N2C(=O)[C@@H]3[C@@H](c4cccc(OC)c4OC)NN(C(=O)c4cccc(Br)c4)[C@@H]3C2=O)cc1. The number of carbonyl (C=O) groups is 3. The molecule has 2 aliphatic rings. The van der Waals surface area contributed by atoms with Gasteiger partial charge < -0.3 is 14.2 Å². The molecule has 0 radical (unpaired) electrons. The number of hydrazine groups is 1. The first kappa shape index (κ1) is 25.7. The van der Waals surface area contributed by atoms with Gasteiger partial charge in [0.25, 0.3) is 11.8 Å². The summed E-state index contributed by atoms with van der Waals surface area (Å²) in [5, 5.41) is 1.27. The maximum atomic E-state index is 13.9. The number of amides is 3. The number of imide groups is 1. The number of halogens is 1. The van der Waals surface area contributed by atoms with Crippen molar-refractivity contribution in [2.24, 2.45) is 5.92 Å². The molecule has 2 fully saturated rings. The highest BCUT2D eigenvalue weighted by Gasteiger charge is 2.61. The molecule has 3 aromatic rings. The van der Waals surface area contributed by atoms with E-state index in [9.17, 15) is 14.4 Å². The summed E-state index contributed by atoms with van der Waals surface area (Å²) in [6, 6.07) is 17.1. The molecule has 3 amide bonds. The first-order valence-electron chi connectivity index (χ1n) is 12.1. The number of nitrogens with zero attached hydrogens (tertiary/aromatic N) is 2. The standard InChI is InChI=1S/C28H26BrN3O6/c1-4-38-19-13-11-18(12-14-19)31-27(34)22-23(20-9-6-10-21(36-2)25(20)37-3)30-32(24(22)28(31)35)26(33)16-7-5-8-17(29)15-16/h5-15,22-24,30H,4H2,1-3H3/t22-,23-,24+/m1/s1. The van der Waals surface area contributed by atoms with E-state index < -0.39 is 35.7 Å². The summed E-state index contributed by atoms with van der Waals surface area (Å²) in [6.07, 6.45) is 0. The number of para-hydroxylation sites is 1. The Morgan fingerprint density at radius 2 is 1.71 bits per heavy atom. The summed E-state index contributed by atoms with van der Waals surface area (Å²) in [6.45, 7) is 2.37. The smallest absolute Gasteiger partial charge is 0.268 e. The van der Waals surface area contributed by atoms with Gasteiger partial charge in [-0.15, -0.1) is 0 Å². The Bertz CT molecular complexity index is 1400. The molecule has 2 saturated heterocycles. The molecule has 0 bridgehead atoms. The molecule has 0 spiro atoms. The van der Waals surface area contributed by atoms with E-state index in [-0.39, 0.29) is 0 Å². The molecule has 3 aromatic carbocycles. The quantitative estimate of drug-likeness (QED) is 0.420. The zero-order valence-corrected chi connectivity index (χ0v) is 22.6. The van der Waals surface area contributed by atoms with E-state index in [0.717, 1.165) is 9.37 Å². The van der Waals surface area contributed by atoms with Gasteiger partial charge in [0.1, 0.15) is 11.8 Å². The summed E-state index contributed by atoms with van der Waals surface area (Å²) in [5.74, 6) is -0.724. The normalized spacial score (nSPS) is 20.5. The molecule has 0 unspecified atom stereocenters. The fourth-order valence-electron chi connectivity index (χ4n) is 5.06. The Balaban J connectivity index is 1.59. The van der Waals surface area contributed by atoms with Crippen LogP contribution in [0.5, 0.6) is 17.2 Å². The second-order valence-corrected chi connectivity index (χ2v) is 9.70. The highest BCUT2D eigenvalue weighted by Crippen LogP contribution is 2.46. The average Bonchev–Trinajstić information content (AvgIpc) is 3.44. The number of methoxy groups -OCH3 is 2. The van der Waals surface area contributed by atoms with Crippen molar-refractivity contribution in [3.63, 3.8) is 0 Å². The maximum absolute atomic E-state index is 13.9. The second kappa shape index (κ2) is 10.5. The Hall–Kier alpha value is -3.89. The number of benzene rings is 3. The van der Waals surface area contributed by atoms with E-state index >= 15 is 0 Å². The van der Waals surface area contributed by atoms with E-state index in [4.69, 9.17) is 14.2 Å². The van der Waals surface area contributed by atoms with Crippen LogP contribution in [-0.4, -0.2) is 49.6 Å². The molecule has 0 aliphatic carbocycles. The maximum Gasteiger partial charge on any atom is 0.268 e. The second-order valence-electron chi connectivity index (χ2n) is 8.78. The van der Waals surface area contributed by atoms with E-state index in [0.29, 0.717) is 40.7 Å². The summed E-state index contributed by atoms with van der Waals surface area (Å²) >= 11 is 3.40. The van der Waals surface area contributed by atoms with Crippen LogP contribution in [0.15, 0.2) is 71.2 Å². The zero-order valence-electron chi connectivity index (χ0n) is 21.0. The Morgan fingerprint density at radius 3 is 2.37 bits per heavy atom. The van der Waals surface area contributed by atoms with Crippen molar-refractivity contribution < 1.29 is 28.6 Å². The Labute approximate surface area is 228 Å². The lowest BCUT2D eigenvalue weighted by molar-refractivity contribution is -0.123. The third kappa shape index (κ3) is 4.29. The number of anilines is 1. The summed E-state index contributed by atoms with van der Waals surface area (Å²) in [7, 11) is 3.03. The van der Waals surface area contributed by atoms with Crippen molar-refractivity contribution in [3.8, 4) is 17.2 Å². The highest BCUT2D eigenvalue weighted by atomic mass is 79.9. The van der Waals surface area contributed by atoms with Gasteiger partial charge in [0, 0.05) is 15.6 Å². The lowest BCUT2D eigenvalue weighted by Gasteiger charge is -2.26. The van der Waals surface area contributed by atoms with E-state index in [2.05, 4.69) is 21.4 Å². The van der Waals surface area contributed by atoms with Crippen molar-refractivity contribution in [2.45, 2.75) is 19.0 Å². The number of hydrogen-bond donors (Lipinski definition) is 1. The van der Waals surface area contributed by atoms with Crippen LogP contribution in [0.3, 0.4) is 0 Å². The molecule has 3 atom stereocenters. The van der Waals surface area contributed by atoms with Crippen molar-refractivity contribution >= 4 is 39.3 Å². The first-order valence-corrected chi connectivity index (χ1v) is 12.9. The number of fused-ring (bicyclic) bond motifs is 1. The van der Waals surface area contributed by atoms with Crippen LogP contribution in [0.25, 0.3) is 0 Å². The topological polar surface area (TPSA) is 97.4 Å². The van der Waals surface area contributed by atoms with E-state index in [1.165, 1.54) is 19.2 Å². The number of rotatable bonds is 7. The van der Waals surface area contributed by atoms with Crippen molar-refractivity contribution in [1.82, 2.24) is 10.4 Å². The molecule has 10 heteroatoms. The predicted octanol–water partition coefficient (Wildman–Crippen LogP) is 4.12. The minimum absolute atomic E-state index is 0.364. The lowest BCUT2D eigenvalue weighted by Crippen LogP contribution is -2.48. The van der Waals surface area contributed by atoms with Crippen LogP contribution >= 0.6 is 15.9 Å². The fourth-order valence-corrected chi connectivity index (χ4v) is 5.46. The van der Waals surface area contributed by atoms with Gasteiger partial charge in [0.2, 0.25) is 5.91 Å². The molecule has 1 N–H and O–H groups in total. The molecule has 0 saturated carbocycles. The summed E-state index contributed by atoms with van der Waals surface area (Å²) in [4.78, 5) is 42.6. The number of nitrogens with one attached hydrogen (secondary N) is 1. The van der Waals surface area contributed by atoms with Crippen molar-refractivity contribution in [2.75, 3.05) is 25.7 Å². The van der Waals surface area contributed by atoms with Crippen LogP contribution in [0.2, 0.25) is 0 Å². The number of hydrogen-bond acceptors (Lipinski definition) is 7. The Morgan fingerprint density at radius 1 is 0.974 bits per heavy atom. The number of ether oxygens (including phenoxy) is 3. The van der Waals surface area contributed by atoms with Crippen molar-refractivity contribution in [1.29, 1.82) is 0 Å². The minimum Gasteiger partial charge on any atom is -0.494 e. The zero-order chi connectivity index (χ0) is 27.0. The third-order valence-corrected chi connectivity index (χ3v) is 7.19. The van der Waals surface area contributed by atoms with Crippen LogP contribution in [0.1, 0.15) is 28.9 Å². The molecule has 2 heterocycles. The average molecular weight is 580 g/mol. The molecule has 2 aliphatic heterocycles. The molecule has 38 heavy (non-hydrogen) atoms. The van der Waals surface area contributed by atoms with E-state index in [1.54, 1.807) is 66.7 Å². The molecular weight excluding hydrogens is 554 g/mol. The van der Waals surface area contributed by atoms with Gasteiger partial charge in [0.05, 0.1) is 38.5 Å². The lowest BCUT2D eigenvalue weighted by atomic mass is 9.90. The van der Waals surface area contributed by atoms with Gasteiger partial charge >= 0.3 is 0 Å². The predicted molar refractivity (Wildman–Crippen MR) is 143 cm³/mol. The fraction of sp³-hybridized carbons (Fsp3) is 0.250. The van der Waals surface area contributed by atoms with Gasteiger partial charge in [-0.25, -0.2) is 10.3 Å². The van der Waals surface area contributed by atoms with Crippen LogP contribution in [0, 0.1) is 5.92 Å². The van der Waals surface area contributed by atoms with Gasteiger partial charge in [-0.1, -0.05) is 34.1 Å². The molecular formula is C28H26BrN3O6. The van der Waals surface area contributed by atoms with Crippen LogP contribution in [0.4, 0.5) is 5.69 Å². The van der Waals surface area contributed by atoms with Crippen LogP contribution in [-0.2, 0) is 9.59 Å². The number of carbonyl (C=O) groups excluding carboxylic acids is 3. The monoisotopic (exact) mass is 579 g/mol. The van der Waals surface area contributed by atoms with Crippen molar-refractivity contribution in [3.05, 3.63) is 82.3 Å². The summed E-state index contributed by atoms with van der Waals surface area (Å²) in [5.41, 5.74) is 4.53. The van der Waals surface area contributed by atoms with E-state index in [1.807, 2.05) is 6.92 Å². The first-order chi connectivity index (χ1) is 18.4. The molecule has 196 valence electrons. The Kier molecular flexibility index (Phi) is 7.09. The molecule has 5 rings (SSSR count). The minimum atomic E-state index is -1.07.